The second-order valence-corrected chi connectivity index (χ2v) is 7.59. The number of imide groups is 1. The maximum absolute atomic E-state index is 12.1. The van der Waals surface area contributed by atoms with Gasteiger partial charge in [-0.25, -0.2) is 4.79 Å². The number of carbonyl (C=O) groups excluding carboxylic acids is 2. The summed E-state index contributed by atoms with van der Waals surface area (Å²) in [7, 11) is 0. The van der Waals surface area contributed by atoms with Gasteiger partial charge >= 0.3 is 6.03 Å². The third-order valence-corrected chi connectivity index (χ3v) is 5.49. The molecule has 1 saturated carbocycles. The van der Waals surface area contributed by atoms with Gasteiger partial charge in [-0.05, 0) is 25.0 Å². The number of benzene rings is 1. The first-order chi connectivity index (χ1) is 13.2. The monoisotopic (exact) mass is 376 g/mol. The van der Waals surface area contributed by atoms with Gasteiger partial charge in [0.2, 0.25) is 0 Å². The molecule has 3 amide bonds. The Kier molecular flexibility index (Phi) is 7.47. The van der Waals surface area contributed by atoms with E-state index in [9.17, 15) is 9.59 Å². The summed E-state index contributed by atoms with van der Waals surface area (Å²) in [6.07, 6.45) is 4.36. The van der Waals surface area contributed by atoms with Crippen molar-refractivity contribution >= 4 is 11.9 Å². The van der Waals surface area contributed by atoms with Gasteiger partial charge in [0, 0.05) is 6.04 Å². The van der Waals surface area contributed by atoms with Crippen LogP contribution in [0.15, 0.2) is 30.3 Å². The van der Waals surface area contributed by atoms with Gasteiger partial charge in [-0.3, -0.25) is 10.1 Å². The number of rotatable bonds is 7. The lowest BCUT2D eigenvalue weighted by molar-refractivity contribution is -1.01. The van der Waals surface area contributed by atoms with Gasteiger partial charge < -0.3 is 19.9 Å². The van der Waals surface area contributed by atoms with Crippen molar-refractivity contribution in [3.8, 4) is 5.75 Å². The van der Waals surface area contributed by atoms with E-state index < -0.39 is 0 Å². The molecule has 3 rings (SSSR count). The molecule has 0 atom stereocenters. The van der Waals surface area contributed by atoms with Crippen LogP contribution in [0.4, 0.5) is 4.79 Å². The zero-order chi connectivity index (χ0) is 18.9. The van der Waals surface area contributed by atoms with E-state index in [1.807, 2.05) is 30.3 Å². The third kappa shape index (κ3) is 6.84. The fourth-order valence-corrected chi connectivity index (χ4v) is 3.90. The second-order valence-electron chi connectivity index (χ2n) is 7.59. The lowest BCUT2D eigenvalue weighted by atomic mass is 10.2. The van der Waals surface area contributed by atoms with Crippen LogP contribution in [0.5, 0.6) is 5.75 Å². The van der Waals surface area contributed by atoms with Crippen LogP contribution in [0, 0.1) is 0 Å². The first-order valence-corrected chi connectivity index (χ1v) is 10.1. The molecule has 1 saturated heterocycles. The smallest absolute Gasteiger partial charge is 0.321 e. The number of urea groups is 1. The van der Waals surface area contributed by atoms with Crippen LogP contribution >= 0.6 is 0 Å². The highest BCUT2D eigenvalue weighted by atomic mass is 16.5. The number of ether oxygens (including phenoxy) is 1. The van der Waals surface area contributed by atoms with Crippen molar-refractivity contribution in [1.82, 2.24) is 10.6 Å². The van der Waals surface area contributed by atoms with E-state index in [-0.39, 0.29) is 18.0 Å². The van der Waals surface area contributed by atoms with Gasteiger partial charge in [0.1, 0.15) is 45.1 Å². The number of hydrogen-bond donors (Lipinski definition) is 4. The molecule has 1 aliphatic heterocycles. The van der Waals surface area contributed by atoms with Crippen molar-refractivity contribution in [3.05, 3.63) is 30.3 Å². The molecule has 1 aromatic rings. The lowest BCUT2D eigenvalue weighted by Crippen LogP contribution is -3.28. The number of quaternary nitrogens is 2. The van der Waals surface area contributed by atoms with Crippen molar-refractivity contribution in [1.29, 1.82) is 0 Å². The Labute approximate surface area is 161 Å². The van der Waals surface area contributed by atoms with Crippen LogP contribution in [0.25, 0.3) is 0 Å². The summed E-state index contributed by atoms with van der Waals surface area (Å²) >= 11 is 0. The van der Waals surface area contributed by atoms with Gasteiger partial charge in [-0.15, -0.1) is 0 Å². The molecule has 4 N–H and O–H groups in total. The van der Waals surface area contributed by atoms with Crippen LogP contribution in [0.3, 0.4) is 0 Å². The molecule has 1 heterocycles. The van der Waals surface area contributed by atoms with Crippen molar-refractivity contribution in [2.75, 3.05) is 45.9 Å². The van der Waals surface area contributed by atoms with E-state index in [0.717, 1.165) is 64.2 Å². The van der Waals surface area contributed by atoms with Crippen molar-refractivity contribution in [2.24, 2.45) is 0 Å². The molecule has 0 spiro atoms. The standard InChI is InChI=1S/C20H30N4O3/c25-19(22-20(26)21-17-6-4-5-7-17)16-24-12-10-23(11-13-24)14-15-27-18-8-2-1-3-9-18/h1-3,8-9,17H,4-7,10-16H2,(H2,21,22,25,26)/p+2. The van der Waals surface area contributed by atoms with E-state index in [2.05, 4.69) is 10.6 Å². The van der Waals surface area contributed by atoms with Crippen LogP contribution in [-0.4, -0.2) is 63.9 Å². The highest BCUT2D eigenvalue weighted by Gasteiger charge is 2.25. The normalized spacial score (nSPS) is 23.0. The number of nitrogens with one attached hydrogen (secondary N) is 4. The summed E-state index contributed by atoms with van der Waals surface area (Å²) in [5.74, 6) is 0.727. The van der Waals surface area contributed by atoms with Gasteiger partial charge in [-0.1, -0.05) is 31.0 Å². The molecule has 0 radical (unpaired) electrons. The highest BCUT2D eigenvalue weighted by Crippen LogP contribution is 2.17. The molecule has 0 aromatic heterocycles. The van der Waals surface area contributed by atoms with E-state index in [4.69, 9.17) is 4.74 Å². The van der Waals surface area contributed by atoms with Crippen LogP contribution in [-0.2, 0) is 4.79 Å². The van der Waals surface area contributed by atoms with Gasteiger partial charge in [0.15, 0.2) is 6.54 Å². The predicted molar refractivity (Wildman–Crippen MR) is 102 cm³/mol. The van der Waals surface area contributed by atoms with Crippen molar-refractivity contribution < 1.29 is 24.1 Å². The van der Waals surface area contributed by atoms with E-state index in [1.54, 1.807) is 0 Å². The Morgan fingerprint density at radius 3 is 2.37 bits per heavy atom. The van der Waals surface area contributed by atoms with E-state index in [0.29, 0.717) is 13.2 Å². The minimum absolute atomic E-state index is 0.184. The number of carbonyl (C=O) groups is 2. The Morgan fingerprint density at radius 1 is 1.00 bits per heavy atom. The molecular weight excluding hydrogens is 344 g/mol. The van der Waals surface area contributed by atoms with E-state index in [1.165, 1.54) is 9.80 Å². The SMILES string of the molecule is O=C(C[NH+]1CC[NH+](CCOc2ccccc2)CC1)NC(=O)NC1CCCC1. The molecule has 1 aromatic carbocycles. The third-order valence-electron chi connectivity index (χ3n) is 5.49. The first kappa shape index (κ1) is 19.6. The summed E-state index contributed by atoms with van der Waals surface area (Å²) in [5.41, 5.74) is 0. The minimum Gasteiger partial charge on any atom is -0.488 e. The van der Waals surface area contributed by atoms with Gasteiger partial charge in [0.25, 0.3) is 5.91 Å². The predicted octanol–water partition coefficient (Wildman–Crippen LogP) is -1.38. The van der Waals surface area contributed by atoms with Crippen LogP contribution in [0.2, 0.25) is 0 Å². The fraction of sp³-hybridized carbons (Fsp3) is 0.600. The quantitative estimate of drug-likeness (QED) is 0.474. The number of hydrogen-bond acceptors (Lipinski definition) is 3. The molecule has 7 heteroatoms. The maximum atomic E-state index is 12.1. The molecular formula is C20H32N4O3+2. The second kappa shape index (κ2) is 10.3. The topological polar surface area (TPSA) is 76.3 Å². The molecule has 27 heavy (non-hydrogen) atoms. The van der Waals surface area contributed by atoms with Gasteiger partial charge in [0.05, 0.1) is 0 Å². The fourth-order valence-electron chi connectivity index (χ4n) is 3.90. The number of piperazine rings is 1. The van der Waals surface area contributed by atoms with Crippen LogP contribution in [0.1, 0.15) is 25.7 Å². The number of para-hydroxylation sites is 1. The summed E-state index contributed by atoms with van der Waals surface area (Å²) in [6.45, 7) is 5.97. The molecule has 0 unspecified atom stereocenters. The molecule has 2 fully saturated rings. The zero-order valence-corrected chi connectivity index (χ0v) is 16.0. The molecule has 0 bridgehead atoms. The van der Waals surface area contributed by atoms with Crippen molar-refractivity contribution in [2.45, 2.75) is 31.7 Å². The average molecular weight is 377 g/mol. The molecule has 7 nitrogen and oxygen atoms in total. The Morgan fingerprint density at radius 2 is 1.67 bits per heavy atom. The minimum atomic E-state index is -0.339. The Bertz CT molecular complexity index is 597. The van der Waals surface area contributed by atoms with Gasteiger partial charge in [-0.2, -0.15) is 0 Å². The Balaban J connectivity index is 1.27. The zero-order valence-electron chi connectivity index (χ0n) is 16.0. The lowest BCUT2D eigenvalue weighted by Gasteiger charge is -2.29. The maximum Gasteiger partial charge on any atom is 0.321 e. The molecule has 2 aliphatic rings. The summed E-state index contributed by atoms with van der Waals surface area (Å²) in [6, 6.07) is 9.77. The highest BCUT2D eigenvalue weighted by molar-refractivity contribution is 5.94. The summed E-state index contributed by atoms with van der Waals surface area (Å²) < 4.78 is 5.76. The van der Waals surface area contributed by atoms with E-state index >= 15 is 0 Å². The Hall–Kier alpha value is -2.12. The average Bonchev–Trinajstić information content (AvgIpc) is 3.17. The van der Waals surface area contributed by atoms with Crippen molar-refractivity contribution in [3.63, 3.8) is 0 Å². The first-order valence-electron chi connectivity index (χ1n) is 10.1. The van der Waals surface area contributed by atoms with Crippen LogP contribution < -0.4 is 25.2 Å². The summed E-state index contributed by atoms with van der Waals surface area (Å²) in [5, 5.41) is 5.37. The number of amides is 3. The largest absolute Gasteiger partial charge is 0.488 e. The summed E-state index contributed by atoms with van der Waals surface area (Å²) in [4.78, 5) is 26.7. The molecule has 1 aliphatic carbocycles. The molecule has 148 valence electrons.